The Hall–Kier alpha value is -1.00. The summed E-state index contributed by atoms with van der Waals surface area (Å²) in [6, 6.07) is 5.89. The second-order valence-corrected chi connectivity index (χ2v) is 4.88. The zero-order valence-corrected chi connectivity index (χ0v) is 10.8. The molecular weight excluding hydrogens is 235 g/mol. The van der Waals surface area contributed by atoms with Crippen LogP contribution in [0.4, 0.5) is 4.39 Å². The van der Waals surface area contributed by atoms with Crippen molar-refractivity contribution in [1.29, 1.82) is 0 Å². The molecule has 0 atom stereocenters. The average molecular weight is 252 g/mol. The summed E-state index contributed by atoms with van der Waals surface area (Å²) in [4.78, 5) is 2.42. The second kappa shape index (κ2) is 5.10. The number of nitrogens with two attached hydrogens (primary N) is 1. The minimum Gasteiger partial charge on any atom is -0.389 e. The molecule has 0 unspecified atom stereocenters. The predicted octanol–water partition coefficient (Wildman–Crippen LogP) is 2.44. The SMILES string of the molecule is CCN(Cc1cccc(C(N)=S)c1F)C1CC1. The van der Waals surface area contributed by atoms with E-state index in [1.165, 1.54) is 12.8 Å². The number of benzene rings is 1. The van der Waals surface area contributed by atoms with E-state index in [9.17, 15) is 4.39 Å². The van der Waals surface area contributed by atoms with Crippen LogP contribution in [-0.4, -0.2) is 22.5 Å². The van der Waals surface area contributed by atoms with Crippen molar-refractivity contribution in [3.63, 3.8) is 0 Å². The van der Waals surface area contributed by atoms with Crippen LogP contribution < -0.4 is 5.73 Å². The zero-order chi connectivity index (χ0) is 12.4. The molecule has 92 valence electrons. The first-order chi connectivity index (χ1) is 8.13. The largest absolute Gasteiger partial charge is 0.389 e. The molecule has 0 aliphatic heterocycles. The first-order valence-corrected chi connectivity index (χ1v) is 6.35. The standard InChI is InChI=1S/C13H17FN2S/c1-2-16(10-6-7-10)8-9-4-3-5-11(12(9)14)13(15)17/h3-5,10H,2,6-8H2,1H3,(H2,15,17). The number of hydrogen-bond donors (Lipinski definition) is 1. The van der Waals surface area contributed by atoms with Gasteiger partial charge in [0.1, 0.15) is 10.8 Å². The third-order valence-electron chi connectivity index (χ3n) is 3.19. The van der Waals surface area contributed by atoms with Gasteiger partial charge in [0.15, 0.2) is 0 Å². The minimum atomic E-state index is -0.265. The maximum atomic E-state index is 14.1. The van der Waals surface area contributed by atoms with Gasteiger partial charge in [-0.15, -0.1) is 0 Å². The molecule has 0 amide bonds. The van der Waals surface area contributed by atoms with E-state index in [0.717, 1.165) is 6.54 Å². The Bertz CT molecular complexity index is 429. The Labute approximate surface area is 107 Å². The van der Waals surface area contributed by atoms with Crippen LogP contribution in [-0.2, 0) is 6.54 Å². The third kappa shape index (κ3) is 2.82. The van der Waals surface area contributed by atoms with Crippen LogP contribution in [0.25, 0.3) is 0 Å². The Morgan fingerprint density at radius 2 is 2.24 bits per heavy atom. The first-order valence-electron chi connectivity index (χ1n) is 5.94. The second-order valence-electron chi connectivity index (χ2n) is 4.44. The van der Waals surface area contributed by atoms with Crippen molar-refractivity contribution < 1.29 is 4.39 Å². The van der Waals surface area contributed by atoms with Gasteiger partial charge in [0.05, 0.1) is 0 Å². The van der Waals surface area contributed by atoms with Crippen molar-refractivity contribution >= 4 is 17.2 Å². The summed E-state index contributed by atoms with van der Waals surface area (Å²) in [6.07, 6.45) is 2.45. The smallest absolute Gasteiger partial charge is 0.137 e. The van der Waals surface area contributed by atoms with E-state index in [-0.39, 0.29) is 10.8 Å². The molecule has 0 bridgehead atoms. The van der Waals surface area contributed by atoms with E-state index >= 15 is 0 Å². The van der Waals surface area contributed by atoms with E-state index in [2.05, 4.69) is 11.8 Å². The Morgan fingerprint density at radius 1 is 1.53 bits per heavy atom. The van der Waals surface area contributed by atoms with Crippen molar-refractivity contribution in [1.82, 2.24) is 4.90 Å². The van der Waals surface area contributed by atoms with E-state index in [1.54, 1.807) is 6.07 Å². The van der Waals surface area contributed by atoms with Gasteiger partial charge in [0.2, 0.25) is 0 Å². The van der Waals surface area contributed by atoms with E-state index < -0.39 is 0 Å². The highest BCUT2D eigenvalue weighted by atomic mass is 32.1. The molecular formula is C13H17FN2S. The molecule has 1 aromatic carbocycles. The highest BCUT2D eigenvalue weighted by molar-refractivity contribution is 7.80. The van der Waals surface area contributed by atoms with Gasteiger partial charge in [0, 0.05) is 23.7 Å². The van der Waals surface area contributed by atoms with Crippen molar-refractivity contribution in [2.45, 2.75) is 32.4 Å². The van der Waals surface area contributed by atoms with Gasteiger partial charge < -0.3 is 5.73 Å². The fraction of sp³-hybridized carbons (Fsp3) is 0.462. The van der Waals surface area contributed by atoms with Gasteiger partial charge in [-0.3, -0.25) is 4.90 Å². The zero-order valence-electron chi connectivity index (χ0n) is 9.95. The number of thiocarbonyl (C=S) groups is 1. The summed E-state index contributed by atoms with van der Waals surface area (Å²) < 4.78 is 14.1. The van der Waals surface area contributed by atoms with E-state index in [0.29, 0.717) is 23.7 Å². The molecule has 1 fully saturated rings. The van der Waals surface area contributed by atoms with Crippen LogP contribution in [0.15, 0.2) is 18.2 Å². The van der Waals surface area contributed by atoms with Crippen LogP contribution in [0, 0.1) is 5.82 Å². The van der Waals surface area contributed by atoms with Gasteiger partial charge >= 0.3 is 0 Å². The predicted molar refractivity (Wildman–Crippen MR) is 71.4 cm³/mol. The topological polar surface area (TPSA) is 29.3 Å². The quantitative estimate of drug-likeness (QED) is 0.816. The van der Waals surface area contributed by atoms with Crippen molar-refractivity contribution in [2.24, 2.45) is 5.73 Å². The van der Waals surface area contributed by atoms with Crippen LogP contribution >= 0.6 is 12.2 Å². The molecule has 2 rings (SSSR count). The van der Waals surface area contributed by atoms with Crippen molar-refractivity contribution in [3.8, 4) is 0 Å². The normalized spacial score (nSPS) is 15.2. The summed E-state index contributed by atoms with van der Waals surface area (Å²) in [5.41, 5.74) is 6.53. The molecule has 1 aliphatic rings. The van der Waals surface area contributed by atoms with Gasteiger partial charge in [0.25, 0.3) is 0 Å². The molecule has 1 saturated carbocycles. The third-order valence-corrected chi connectivity index (χ3v) is 3.41. The highest BCUT2D eigenvalue weighted by Crippen LogP contribution is 2.28. The summed E-state index contributed by atoms with van der Waals surface area (Å²) in [5.74, 6) is -0.265. The van der Waals surface area contributed by atoms with Gasteiger partial charge in [-0.05, 0) is 25.5 Å². The Balaban J connectivity index is 2.20. The van der Waals surface area contributed by atoms with Crippen molar-refractivity contribution in [3.05, 3.63) is 35.1 Å². The number of halogens is 1. The molecule has 1 aliphatic carbocycles. The fourth-order valence-electron chi connectivity index (χ4n) is 2.05. The maximum Gasteiger partial charge on any atom is 0.137 e. The van der Waals surface area contributed by atoms with Gasteiger partial charge in [-0.25, -0.2) is 4.39 Å². The lowest BCUT2D eigenvalue weighted by Crippen LogP contribution is -2.26. The van der Waals surface area contributed by atoms with Crippen LogP contribution in [0.3, 0.4) is 0 Å². The monoisotopic (exact) mass is 252 g/mol. The summed E-state index contributed by atoms with van der Waals surface area (Å²) in [6.45, 7) is 3.69. The minimum absolute atomic E-state index is 0.124. The average Bonchev–Trinajstić information content (AvgIpc) is 3.11. The number of hydrogen-bond acceptors (Lipinski definition) is 2. The molecule has 4 heteroatoms. The molecule has 17 heavy (non-hydrogen) atoms. The van der Waals surface area contributed by atoms with Crippen LogP contribution in [0.2, 0.25) is 0 Å². The lowest BCUT2D eigenvalue weighted by molar-refractivity contribution is 0.265. The molecule has 0 saturated heterocycles. The molecule has 2 N–H and O–H groups in total. The van der Waals surface area contributed by atoms with Gasteiger partial charge in [-0.1, -0.05) is 31.3 Å². The van der Waals surface area contributed by atoms with Gasteiger partial charge in [-0.2, -0.15) is 0 Å². The molecule has 0 aromatic heterocycles. The Kier molecular flexibility index (Phi) is 3.74. The first kappa shape index (κ1) is 12.5. The summed E-state index contributed by atoms with van der Waals surface area (Å²) in [7, 11) is 0. The maximum absolute atomic E-state index is 14.1. The molecule has 0 heterocycles. The van der Waals surface area contributed by atoms with Crippen molar-refractivity contribution in [2.75, 3.05) is 6.54 Å². The lowest BCUT2D eigenvalue weighted by Gasteiger charge is -2.20. The molecule has 1 aromatic rings. The van der Waals surface area contributed by atoms with Crippen LogP contribution in [0.1, 0.15) is 30.9 Å². The molecule has 0 radical (unpaired) electrons. The number of nitrogens with zero attached hydrogens (tertiary/aromatic N) is 1. The molecule has 2 nitrogen and oxygen atoms in total. The highest BCUT2D eigenvalue weighted by Gasteiger charge is 2.28. The number of rotatable bonds is 5. The van der Waals surface area contributed by atoms with E-state index in [4.69, 9.17) is 18.0 Å². The summed E-state index contributed by atoms with van der Waals surface area (Å²) >= 11 is 4.84. The van der Waals surface area contributed by atoms with E-state index in [1.807, 2.05) is 12.1 Å². The lowest BCUT2D eigenvalue weighted by atomic mass is 10.1. The van der Waals surface area contributed by atoms with Crippen LogP contribution in [0.5, 0.6) is 0 Å². The summed E-state index contributed by atoms with van der Waals surface area (Å²) in [5, 5.41) is 0. The fourth-order valence-corrected chi connectivity index (χ4v) is 2.21. The Morgan fingerprint density at radius 3 is 2.76 bits per heavy atom. The molecule has 0 spiro atoms.